The Bertz CT molecular complexity index is 1220. The third-order valence-electron chi connectivity index (χ3n) is 7.27. The van der Waals surface area contributed by atoms with Crippen molar-refractivity contribution in [1.82, 2.24) is 9.80 Å². The number of hydrogen-bond acceptors (Lipinski definition) is 8. The molecule has 0 saturated carbocycles. The fourth-order valence-corrected chi connectivity index (χ4v) is 6.43. The second kappa shape index (κ2) is 11.5. The fraction of sp³-hybridized carbons (Fsp3) is 0.556. The molecule has 3 aliphatic heterocycles. The molecule has 0 spiro atoms. The highest BCUT2D eigenvalue weighted by atomic mass is 32.2. The first-order valence-corrected chi connectivity index (χ1v) is 13.7. The molecule has 39 heavy (non-hydrogen) atoms. The van der Waals surface area contributed by atoms with Gasteiger partial charge in [0.15, 0.2) is 0 Å². The predicted octanol–water partition coefficient (Wildman–Crippen LogP) is 4.08. The maximum absolute atomic E-state index is 14.5. The lowest BCUT2D eigenvalue weighted by Gasteiger charge is -2.47. The van der Waals surface area contributed by atoms with Gasteiger partial charge in [-0.3, -0.25) is 4.79 Å². The molecule has 3 heterocycles. The van der Waals surface area contributed by atoms with Crippen LogP contribution in [-0.4, -0.2) is 76.2 Å². The first-order chi connectivity index (χ1) is 18.5. The lowest BCUT2D eigenvalue weighted by Crippen LogP contribution is -2.67. The molecule has 0 bridgehead atoms. The molecule has 0 aliphatic carbocycles. The van der Waals surface area contributed by atoms with Crippen LogP contribution in [0, 0.1) is 23.1 Å². The van der Waals surface area contributed by atoms with Crippen LogP contribution in [0.15, 0.2) is 28.7 Å². The number of rotatable bonds is 9. The van der Waals surface area contributed by atoms with E-state index in [4.69, 9.17) is 14.2 Å². The van der Waals surface area contributed by atoms with E-state index in [1.54, 1.807) is 13.8 Å². The SMILES string of the molecule is CCOc1ccc(F)cc1C(CN1C(=O)N(C(C)(C)C(=O)O)C(=O)C2C(C)=C(C#N)SC21)OC1CCOCC1. The lowest BCUT2D eigenvalue weighted by molar-refractivity contribution is -0.158. The van der Waals surface area contributed by atoms with E-state index < -0.39 is 46.7 Å². The van der Waals surface area contributed by atoms with Crippen molar-refractivity contribution >= 4 is 29.7 Å². The topological polar surface area (TPSA) is 129 Å². The summed E-state index contributed by atoms with van der Waals surface area (Å²) in [7, 11) is 0. The number of carboxylic acids is 1. The van der Waals surface area contributed by atoms with Gasteiger partial charge in [0.25, 0.3) is 0 Å². The Morgan fingerprint density at radius 2 is 2.03 bits per heavy atom. The Labute approximate surface area is 230 Å². The molecular formula is C27H32FN3O7S. The summed E-state index contributed by atoms with van der Waals surface area (Å²) in [6.45, 7) is 7.18. The number of nitriles is 1. The third kappa shape index (κ3) is 5.48. The van der Waals surface area contributed by atoms with Crippen molar-refractivity contribution in [2.75, 3.05) is 26.4 Å². The van der Waals surface area contributed by atoms with Gasteiger partial charge < -0.3 is 24.2 Å². The van der Waals surface area contributed by atoms with Crippen LogP contribution in [-0.2, 0) is 19.1 Å². The maximum atomic E-state index is 14.5. The van der Waals surface area contributed by atoms with Crippen LogP contribution in [0.1, 0.15) is 52.2 Å². The molecule has 3 unspecified atom stereocenters. The molecule has 4 rings (SSSR count). The Morgan fingerprint density at radius 1 is 1.33 bits per heavy atom. The predicted molar refractivity (Wildman–Crippen MR) is 139 cm³/mol. The van der Waals surface area contributed by atoms with Gasteiger partial charge in [-0.1, -0.05) is 11.8 Å². The van der Waals surface area contributed by atoms with Gasteiger partial charge in [0.05, 0.1) is 30.1 Å². The molecule has 3 amide bonds. The summed E-state index contributed by atoms with van der Waals surface area (Å²) >= 11 is 1.09. The number of carbonyl (C=O) groups is 3. The molecule has 12 heteroatoms. The molecule has 10 nitrogen and oxygen atoms in total. The molecule has 3 aliphatic rings. The largest absolute Gasteiger partial charge is 0.493 e. The molecular weight excluding hydrogens is 529 g/mol. The van der Waals surface area contributed by atoms with Crippen molar-refractivity contribution in [3.63, 3.8) is 0 Å². The highest BCUT2D eigenvalue weighted by Crippen LogP contribution is 2.48. The zero-order chi connectivity index (χ0) is 28.5. The minimum Gasteiger partial charge on any atom is -0.493 e. The molecule has 1 aromatic rings. The second-order valence-electron chi connectivity index (χ2n) is 10.1. The number of ether oxygens (including phenoxy) is 3. The van der Waals surface area contributed by atoms with Crippen molar-refractivity contribution in [2.24, 2.45) is 5.92 Å². The Kier molecular flexibility index (Phi) is 8.54. The minimum atomic E-state index is -1.86. The molecule has 1 N–H and O–H groups in total. The van der Waals surface area contributed by atoms with Gasteiger partial charge >= 0.3 is 12.0 Å². The quantitative estimate of drug-likeness (QED) is 0.474. The van der Waals surface area contributed by atoms with Crippen LogP contribution in [0.2, 0.25) is 0 Å². The number of allylic oxidation sites excluding steroid dienone is 1. The average Bonchev–Trinajstić information content (AvgIpc) is 3.23. The summed E-state index contributed by atoms with van der Waals surface area (Å²) < 4.78 is 32.2. The van der Waals surface area contributed by atoms with Crippen LogP contribution < -0.4 is 4.74 Å². The first-order valence-electron chi connectivity index (χ1n) is 12.8. The highest BCUT2D eigenvalue weighted by Gasteiger charge is 2.57. The molecule has 2 saturated heterocycles. The van der Waals surface area contributed by atoms with Crippen molar-refractivity contribution in [3.8, 4) is 11.8 Å². The van der Waals surface area contributed by atoms with E-state index in [0.29, 0.717) is 54.5 Å². The third-order valence-corrected chi connectivity index (χ3v) is 8.69. The van der Waals surface area contributed by atoms with Crippen molar-refractivity contribution < 1.29 is 38.1 Å². The molecule has 1 aromatic carbocycles. The number of amides is 3. The van der Waals surface area contributed by atoms with E-state index in [1.807, 2.05) is 0 Å². The van der Waals surface area contributed by atoms with E-state index in [-0.39, 0.29) is 12.6 Å². The van der Waals surface area contributed by atoms with Gasteiger partial charge in [-0.15, -0.1) is 0 Å². The molecule has 0 aromatic heterocycles. The lowest BCUT2D eigenvalue weighted by atomic mass is 9.91. The summed E-state index contributed by atoms with van der Waals surface area (Å²) in [4.78, 5) is 42.1. The van der Waals surface area contributed by atoms with Crippen LogP contribution in [0.3, 0.4) is 0 Å². The van der Waals surface area contributed by atoms with Crippen molar-refractivity contribution in [3.05, 3.63) is 40.1 Å². The summed E-state index contributed by atoms with van der Waals surface area (Å²) in [5, 5.41) is 18.8. The molecule has 0 radical (unpaired) electrons. The summed E-state index contributed by atoms with van der Waals surface area (Å²) in [5.41, 5.74) is -0.991. The van der Waals surface area contributed by atoms with E-state index in [0.717, 1.165) is 16.7 Å². The van der Waals surface area contributed by atoms with Crippen LogP contribution in [0.4, 0.5) is 9.18 Å². The number of fused-ring (bicyclic) bond motifs is 1. The summed E-state index contributed by atoms with van der Waals surface area (Å²) in [6.07, 6.45) is 0.0852. The number of hydrogen-bond donors (Lipinski definition) is 1. The summed E-state index contributed by atoms with van der Waals surface area (Å²) in [5.74, 6) is -3.06. The van der Waals surface area contributed by atoms with E-state index in [2.05, 4.69) is 6.07 Å². The molecule has 210 valence electrons. The monoisotopic (exact) mass is 561 g/mol. The van der Waals surface area contributed by atoms with Crippen LogP contribution >= 0.6 is 11.8 Å². The molecule has 2 fully saturated rings. The van der Waals surface area contributed by atoms with Gasteiger partial charge in [-0.25, -0.2) is 18.9 Å². The first kappa shape index (κ1) is 28.9. The number of nitrogens with zero attached hydrogens (tertiary/aromatic N) is 3. The zero-order valence-electron chi connectivity index (χ0n) is 22.3. The number of benzene rings is 1. The zero-order valence-corrected chi connectivity index (χ0v) is 23.1. The smallest absolute Gasteiger partial charge is 0.329 e. The second-order valence-corrected chi connectivity index (χ2v) is 11.3. The van der Waals surface area contributed by atoms with Crippen molar-refractivity contribution in [2.45, 2.75) is 63.7 Å². The fourth-order valence-electron chi connectivity index (χ4n) is 5.06. The number of carbonyl (C=O) groups excluding carboxylic acids is 2. The minimum absolute atomic E-state index is 0.126. The van der Waals surface area contributed by atoms with Gasteiger partial charge in [0.2, 0.25) is 5.91 Å². The number of carboxylic acid groups (broad SMARTS) is 1. The maximum Gasteiger partial charge on any atom is 0.329 e. The Hall–Kier alpha value is -3.14. The Balaban J connectivity index is 1.79. The van der Waals surface area contributed by atoms with Gasteiger partial charge in [-0.2, -0.15) is 5.26 Å². The normalized spacial score (nSPS) is 23.1. The van der Waals surface area contributed by atoms with Gasteiger partial charge in [-0.05, 0) is 64.3 Å². The van der Waals surface area contributed by atoms with E-state index in [9.17, 15) is 29.1 Å². The standard InChI is InChI=1S/C27H32FN3O7S/c1-5-37-19-7-6-16(28)12-18(19)20(38-17-8-10-36-11-9-17)14-30-24-22(15(2)21(13-29)39-24)23(32)31(26(30)35)27(3,4)25(33)34/h6-7,12,17,20,22,24H,5,8-11,14H2,1-4H3,(H,33,34). The number of halogens is 1. The molecule has 3 atom stereocenters. The number of aliphatic carboxylic acids is 1. The van der Waals surface area contributed by atoms with E-state index >= 15 is 0 Å². The van der Waals surface area contributed by atoms with Crippen molar-refractivity contribution in [1.29, 1.82) is 5.26 Å². The number of urea groups is 1. The highest BCUT2D eigenvalue weighted by molar-refractivity contribution is 8.04. The Morgan fingerprint density at radius 3 is 2.64 bits per heavy atom. The van der Waals surface area contributed by atoms with Gasteiger partial charge in [0, 0.05) is 18.8 Å². The number of imide groups is 1. The van der Waals surface area contributed by atoms with E-state index in [1.165, 1.54) is 36.9 Å². The number of thioether (sulfide) groups is 1. The van der Waals surface area contributed by atoms with Gasteiger partial charge in [0.1, 0.15) is 34.7 Å². The average molecular weight is 562 g/mol. The van der Waals surface area contributed by atoms with Crippen LogP contribution in [0.5, 0.6) is 5.75 Å². The van der Waals surface area contributed by atoms with Crippen LogP contribution in [0.25, 0.3) is 0 Å². The summed E-state index contributed by atoms with van der Waals surface area (Å²) in [6, 6.07) is 5.35.